The fourth-order valence-electron chi connectivity index (χ4n) is 0.676. The van der Waals surface area contributed by atoms with Crippen molar-refractivity contribution in [2.75, 3.05) is 0 Å². The molecule has 0 aliphatic heterocycles. The first kappa shape index (κ1) is 13.9. The minimum atomic E-state index is 0.0866. The summed E-state index contributed by atoms with van der Waals surface area (Å²) in [6.45, 7) is 0.0866. The van der Waals surface area contributed by atoms with Gasteiger partial charge in [-0.15, -0.1) is 22.7 Å². The van der Waals surface area contributed by atoms with Crippen LogP contribution in [-0.2, 0) is 6.61 Å². The summed E-state index contributed by atoms with van der Waals surface area (Å²) in [5.41, 5.74) is 0. The maximum absolute atomic E-state index is 9.97. The number of thiazole rings is 2. The molecule has 0 radical (unpaired) electrons. The van der Waals surface area contributed by atoms with E-state index in [9.17, 15) is 4.79 Å². The highest BCUT2D eigenvalue weighted by atomic mass is 79.9. The molecule has 16 heavy (non-hydrogen) atoms. The van der Waals surface area contributed by atoms with Crippen LogP contribution in [0.1, 0.15) is 14.5 Å². The predicted octanol–water partition coefficient (Wildman–Crippen LogP) is 3.12. The highest BCUT2D eigenvalue weighted by Crippen LogP contribution is 2.17. The molecule has 2 aromatic heterocycles. The number of aldehydes is 1. The average Bonchev–Trinajstić information content (AvgIpc) is 2.88. The van der Waals surface area contributed by atoms with Crippen molar-refractivity contribution in [2.24, 2.45) is 0 Å². The third-order valence-electron chi connectivity index (χ3n) is 1.29. The number of nitrogens with zero attached hydrogens (tertiary/aromatic N) is 2. The highest BCUT2D eigenvalue weighted by molar-refractivity contribution is 9.11. The number of rotatable bonds is 2. The smallest absolute Gasteiger partial charge is 0.161 e. The van der Waals surface area contributed by atoms with Gasteiger partial charge in [0.25, 0.3) is 0 Å². The van der Waals surface area contributed by atoms with Crippen LogP contribution in [0.2, 0.25) is 0 Å². The average molecular weight is 386 g/mol. The third kappa shape index (κ3) is 4.79. The zero-order valence-corrected chi connectivity index (χ0v) is 12.6. The summed E-state index contributed by atoms with van der Waals surface area (Å²) in [7, 11) is 0. The summed E-state index contributed by atoms with van der Waals surface area (Å²) in [6.07, 6.45) is 3.96. The molecule has 86 valence electrons. The molecular formula is C8H6Br2N2O2S2. The number of hydrogen-bond donors (Lipinski definition) is 1. The van der Waals surface area contributed by atoms with Crippen LogP contribution in [0.4, 0.5) is 0 Å². The lowest BCUT2D eigenvalue weighted by molar-refractivity contribution is 0.112. The molecule has 0 aliphatic rings. The summed E-state index contributed by atoms with van der Waals surface area (Å²) in [6, 6.07) is 0. The topological polar surface area (TPSA) is 63.1 Å². The number of aliphatic hydroxyl groups is 1. The number of hydrogen-bond acceptors (Lipinski definition) is 6. The Balaban J connectivity index is 0.000000160. The SMILES string of the molecule is O=Cc1cnc(Br)s1.OCc1cnc(Br)s1. The monoisotopic (exact) mass is 384 g/mol. The summed E-state index contributed by atoms with van der Waals surface area (Å²) in [4.78, 5) is 19.2. The highest BCUT2D eigenvalue weighted by Gasteiger charge is 1.94. The molecule has 2 aromatic rings. The molecular weight excluding hydrogens is 380 g/mol. The van der Waals surface area contributed by atoms with Crippen LogP contribution in [0.3, 0.4) is 0 Å². The van der Waals surface area contributed by atoms with Crippen molar-refractivity contribution in [3.63, 3.8) is 0 Å². The van der Waals surface area contributed by atoms with Gasteiger partial charge in [0.15, 0.2) is 14.1 Å². The van der Waals surface area contributed by atoms with Crippen molar-refractivity contribution < 1.29 is 9.90 Å². The first-order chi connectivity index (χ1) is 7.65. The van der Waals surface area contributed by atoms with Crippen LogP contribution in [0, 0.1) is 0 Å². The quantitative estimate of drug-likeness (QED) is 0.806. The molecule has 2 rings (SSSR count). The molecule has 1 N–H and O–H groups in total. The van der Waals surface area contributed by atoms with Gasteiger partial charge < -0.3 is 5.11 Å². The number of carbonyl (C=O) groups is 1. The van der Waals surface area contributed by atoms with Gasteiger partial charge in [-0.2, -0.15) is 0 Å². The lowest BCUT2D eigenvalue weighted by Gasteiger charge is -1.77. The van der Waals surface area contributed by atoms with Crippen molar-refractivity contribution in [3.05, 3.63) is 30.0 Å². The fraction of sp³-hybridized carbons (Fsp3) is 0.125. The fourth-order valence-corrected chi connectivity index (χ4v) is 3.01. The van der Waals surface area contributed by atoms with E-state index in [0.29, 0.717) is 4.88 Å². The Labute approximate surface area is 117 Å². The molecule has 0 aromatic carbocycles. The van der Waals surface area contributed by atoms with E-state index in [0.717, 1.165) is 19.0 Å². The molecule has 0 fully saturated rings. The van der Waals surface area contributed by atoms with Gasteiger partial charge in [0.2, 0.25) is 0 Å². The van der Waals surface area contributed by atoms with E-state index in [2.05, 4.69) is 41.8 Å². The minimum Gasteiger partial charge on any atom is -0.391 e. The van der Waals surface area contributed by atoms with Crippen LogP contribution < -0.4 is 0 Å². The molecule has 0 atom stereocenters. The van der Waals surface area contributed by atoms with Gasteiger partial charge in [0.1, 0.15) is 0 Å². The molecule has 0 bridgehead atoms. The molecule has 0 saturated carbocycles. The van der Waals surface area contributed by atoms with Crippen LogP contribution in [0.5, 0.6) is 0 Å². The van der Waals surface area contributed by atoms with Crippen LogP contribution >= 0.6 is 54.5 Å². The standard InChI is InChI=1S/C4H4BrNOS.C4H2BrNOS/c2*5-4-6-1-3(2-7)8-4/h1,7H,2H2;1-2H. The van der Waals surface area contributed by atoms with Crippen LogP contribution in [-0.4, -0.2) is 21.4 Å². The van der Waals surface area contributed by atoms with Gasteiger partial charge >= 0.3 is 0 Å². The normalized spacial score (nSPS) is 9.44. The predicted molar refractivity (Wildman–Crippen MR) is 70.9 cm³/mol. The summed E-state index contributed by atoms with van der Waals surface area (Å²) in [5.74, 6) is 0. The Morgan fingerprint density at radius 2 is 1.88 bits per heavy atom. The first-order valence-corrected chi connectivity index (χ1v) is 7.15. The van der Waals surface area contributed by atoms with Crippen LogP contribution in [0.15, 0.2) is 20.2 Å². The largest absolute Gasteiger partial charge is 0.391 e. The molecule has 2 heterocycles. The van der Waals surface area contributed by atoms with E-state index in [4.69, 9.17) is 5.11 Å². The van der Waals surface area contributed by atoms with E-state index in [1.807, 2.05) is 0 Å². The summed E-state index contributed by atoms with van der Waals surface area (Å²) < 4.78 is 1.57. The molecule has 0 amide bonds. The van der Waals surface area contributed by atoms with Gasteiger partial charge in [-0.1, -0.05) is 0 Å². The van der Waals surface area contributed by atoms with E-state index in [1.165, 1.54) is 28.9 Å². The number of aromatic nitrogens is 2. The van der Waals surface area contributed by atoms with Crippen molar-refractivity contribution in [2.45, 2.75) is 6.61 Å². The Bertz CT molecular complexity index is 458. The third-order valence-corrected chi connectivity index (χ3v) is 4.16. The molecule has 4 nitrogen and oxygen atoms in total. The van der Waals surface area contributed by atoms with Crippen molar-refractivity contribution in [1.29, 1.82) is 0 Å². The Morgan fingerprint density at radius 3 is 2.12 bits per heavy atom. The van der Waals surface area contributed by atoms with E-state index in [1.54, 1.807) is 6.20 Å². The second-order valence-corrected chi connectivity index (χ2v) is 7.10. The maximum atomic E-state index is 9.97. The van der Waals surface area contributed by atoms with Crippen molar-refractivity contribution in [3.8, 4) is 0 Å². The minimum absolute atomic E-state index is 0.0866. The lowest BCUT2D eigenvalue weighted by atomic mass is 10.6. The molecule has 0 saturated heterocycles. The number of carbonyl (C=O) groups excluding carboxylic acids is 1. The van der Waals surface area contributed by atoms with Gasteiger partial charge in [-0.3, -0.25) is 4.79 Å². The maximum Gasteiger partial charge on any atom is 0.161 e. The Hall–Kier alpha value is -0.150. The summed E-state index contributed by atoms with van der Waals surface area (Å²) >= 11 is 9.06. The molecule has 0 aliphatic carbocycles. The zero-order chi connectivity index (χ0) is 12.0. The molecule has 8 heteroatoms. The second kappa shape index (κ2) is 7.23. The number of aliphatic hydroxyl groups excluding tert-OH is 1. The van der Waals surface area contributed by atoms with E-state index in [-0.39, 0.29) is 6.61 Å². The van der Waals surface area contributed by atoms with Gasteiger partial charge in [-0.25, -0.2) is 9.97 Å². The Morgan fingerprint density at radius 1 is 1.25 bits per heavy atom. The molecule has 0 spiro atoms. The first-order valence-electron chi connectivity index (χ1n) is 3.93. The lowest BCUT2D eigenvalue weighted by Crippen LogP contribution is -1.70. The second-order valence-electron chi connectivity index (χ2n) is 2.37. The Kier molecular flexibility index (Phi) is 6.29. The van der Waals surface area contributed by atoms with Crippen molar-refractivity contribution in [1.82, 2.24) is 9.97 Å². The molecule has 0 unspecified atom stereocenters. The van der Waals surface area contributed by atoms with Gasteiger partial charge in [0, 0.05) is 12.4 Å². The van der Waals surface area contributed by atoms with Gasteiger partial charge in [0.05, 0.1) is 16.4 Å². The van der Waals surface area contributed by atoms with E-state index >= 15 is 0 Å². The van der Waals surface area contributed by atoms with E-state index < -0.39 is 0 Å². The van der Waals surface area contributed by atoms with Crippen molar-refractivity contribution >= 4 is 60.8 Å². The number of halogens is 2. The van der Waals surface area contributed by atoms with Gasteiger partial charge in [-0.05, 0) is 31.9 Å². The zero-order valence-electron chi connectivity index (χ0n) is 7.76. The summed E-state index contributed by atoms with van der Waals surface area (Å²) in [5, 5.41) is 8.50. The van der Waals surface area contributed by atoms with Crippen LogP contribution in [0.25, 0.3) is 0 Å².